The van der Waals surface area contributed by atoms with Gasteiger partial charge < -0.3 is 14.7 Å². The number of carboxylic acid groups (broad SMARTS) is 1. The first-order valence-corrected chi connectivity index (χ1v) is 10.8. The first-order valence-electron chi connectivity index (χ1n) is 9.98. The third kappa shape index (κ3) is 2.91. The first kappa shape index (κ1) is 18.5. The summed E-state index contributed by atoms with van der Waals surface area (Å²) in [6.45, 7) is 4.11. The molecule has 3 aromatic heterocycles. The van der Waals surface area contributed by atoms with E-state index in [1.165, 1.54) is 11.5 Å². The van der Waals surface area contributed by atoms with Crippen LogP contribution in [0.25, 0.3) is 21.6 Å². The number of fused-ring (bicyclic) bond motifs is 1. The predicted molar refractivity (Wildman–Crippen MR) is 110 cm³/mol. The zero-order chi connectivity index (χ0) is 20.0. The average molecular weight is 414 g/mol. The smallest absolute Gasteiger partial charge is 0.314 e. The zero-order valence-electron chi connectivity index (χ0n) is 16.2. The van der Waals surface area contributed by atoms with E-state index in [1.54, 1.807) is 6.20 Å². The number of nitrogens with one attached hydrogen (secondary N) is 1. The van der Waals surface area contributed by atoms with Crippen molar-refractivity contribution in [1.82, 2.24) is 19.6 Å². The second kappa shape index (κ2) is 7.07. The molecule has 0 radical (unpaired) electrons. The standard InChI is InChI=1S/C20H23N5O3S/c1-12-11-28-9-8-25(12)15-10-13(20(19(26)27)5-2-3-6-20)18-17(22-15)16(24-29-18)14-4-7-21-23-14/h4,7,10,12H,2-3,5-6,8-9,11H2,1H3,(H,21,23)(H,26,27). The number of H-pyrrole nitrogens is 1. The molecule has 3 aromatic rings. The van der Waals surface area contributed by atoms with Crippen LogP contribution in [0.15, 0.2) is 18.3 Å². The second-order valence-corrected chi connectivity index (χ2v) is 8.69. The fourth-order valence-corrected chi connectivity index (χ4v) is 5.57. The van der Waals surface area contributed by atoms with Crippen molar-refractivity contribution < 1.29 is 14.6 Å². The van der Waals surface area contributed by atoms with Crippen LogP contribution in [-0.2, 0) is 14.9 Å². The van der Waals surface area contributed by atoms with Crippen LogP contribution in [0.1, 0.15) is 38.2 Å². The highest BCUT2D eigenvalue weighted by Gasteiger charge is 2.45. The lowest BCUT2D eigenvalue weighted by molar-refractivity contribution is -0.143. The Morgan fingerprint density at radius 3 is 2.93 bits per heavy atom. The van der Waals surface area contributed by atoms with Crippen LogP contribution in [0, 0.1) is 0 Å². The molecule has 5 rings (SSSR count). The number of aliphatic carboxylic acids is 1. The molecular formula is C20H23N5O3S. The van der Waals surface area contributed by atoms with Gasteiger partial charge in [0.15, 0.2) is 0 Å². The molecule has 1 unspecified atom stereocenters. The summed E-state index contributed by atoms with van der Waals surface area (Å²) in [5, 5.41) is 17.2. The summed E-state index contributed by atoms with van der Waals surface area (Å²) in [4.78, 5) is 19.6. The Hall–Kier alpha value is -2.52. The molecular weight excluding hydrogens is 390 g/mol. The van der Waals surface area contributed by atoms with E-state index in [2.05, 4.69) is 26.4 Å². The summed E-state index contributed by atoms with van der Waals surface area (Å²) in [7, 11) is 0. The minimum atomic E-state index is -0.872. The maximum Gasteiger partial charge on any atom is 0.314 e. The molecule has 4 heterocycles. The fraction of sp³-hybridized carbons (Fsp3) is 0.500. The number of rotatable bonds is 4. The number of hydrogen-bond acceptors (Lipinski definition) is 7. The van der Waals surface area contributed by atoms with Gasteiger partial charge in [-0.2, -0.15) is 9.47 Å². The molecule has 2 aliphatic rings. The van der Waals surface area contributed by atoms with Crippen molar-refractivity contribution in [2.45, 2.75) is 44.1 Å². The van der Waals surface area contributed by atoms with Crippen molar-refractivity contribution in [3.05, 3.63) is 23.9 Å². The maximum atomic E-state index is 12.5. The maximum absolute atomic E-state index is 12.5. The van der Waals surface area contributed by atoms with Gasteiger partial charge in [-0.1, -0.05) is 12.8 Å². The Morgan fingerprint density at radius 1 is 1.41 bits per heavy atom. The third-order valence-electron chi connectivity index (χ3n) is 6.21. The van der Waals surface area contributed by atoms with E-state index in [9.17, 15) is 9.90 Å². The molecule has 1 aliphatic heterocycles. The number of aromatic amines is 1. The fourth-order valence-electron chi connectivity index (χ4n) is 4.62. The van der Waals surface area contributed by atoms with Crippen LogP contribution in [0.2, 0.25) is 0 Å². The van der Waals surface area contributed by atoms with Crippen LogP contribution in [0.5, 0.6) is 0 Å². The Kier molecular flexibility index (Phi) is 4.51. The second-order valence-electron chi connectivity index (χ2n) is 7.92. The molecule has 0 aromatic carbocycles. The first-order chi connectivity index (χ1) is 14.1. The highest BCUT2D eigenvalue weighted by molar-refractivity contribution is 7.13. The van der Waals surface area contributed by atoms with Crippen LogP contribution in [0.3, 0.4) is 0 Å². The molecule has 0 spiro atoms. The van der Waals surface area contributed by atoms with Crippen LogP contribution < -0.4 is 4.90 Å². The quantitative estimate of drug-likeness (QED) is 0.677. The molecule has 1 aliphatic carbocycles. The summed E-state index contributed by atoms with van der Waals surface area (Å²) in [6.07, 6.45) is 4.83. The lowest BCUT2D eigenvalue weighted by Crippen LogP contribution is -2.44. The van der Waals surface area contributed by atoms with E-state index in [-0.39, 0.29) is 6.04 Å². The van der Waals surface area contributed by atoms with Crippen LogP contribution in [-0.4, -0.2) is 56.4 Å². The monoisotopic (exact) mass is 413 g/mol. The van der Waals surface area contributed by atoms with E-state index in [4.69, 9.17) is 9.72 Å². The lowest BCUT2D eigenvalue weighted by atomic mass is 9.79. The largest absolute Gasteiger partial charge is 0.481 e. The number of ether oxygens (including phenoxy) is 1. The normalized spacial score (nSPS) is 21.7. The van der Waals surface area contributed by atoms with Gasteiger partial charge in [0.1, 0.15) is 17.0 Å². The third-order valence-corrected chi connectivity index (χ3v) is 7.08. The topological polar surface area (TPSA) is 104 Å². The van der Waals surface area contributed by atoms with Crippen molar-refractivity contribution in [2.24, 2.45) is 0 Å². The van der Waals surface area contributed by atoms with E-state index in [1.807, 2.05) is 12.1 Å². The van der Waals surface area contributed by atoms with E-state index < -0.39 is 11.4 Å². The average Bonchev–Trinajstić information content (AvgIpc) is 3.47. The van der Waals surface area contributed by atoms with Gasteiger partial charge in [0.2, 0.25) is 0 Å². The molecule has 9 heteroatoms. The Labute approximate surface area is 172 Å². The van der Waals surface area contributed by atoms with Gasteiger partial charge in [-0.05, 0) is 49.0 Å². The van der Waals surface area contributed by atoms with Crippen molar-refractivity contribution in [3.8, 4) is 11.4 Å². The van der Waals surface area contributed by atoms with E-state index in [0.717, 1.165) is 52.4 Å². The van der Waals surface area contributed by atoms with Crippen molar-refractivity contribution in [3.63, 3.8) is 0 Å². The van der Waals surface area contributed by atoms with Gasteiger partial charge in [-0.3, -0.25) is 9.89 Å². The molecule has 1 saturated carbocycles. The Bertz CT molecular complexity index is 1040. The number of anilines is 1. The number of aromatic nitrogens is 4. The van der Waals surface area contributed by atoms with E-state index in [0.29, 0.717) is 26.1 Å². The molecule has 8 nitrogen and oxygen atoms in total. The number of nitrogens with zero attached hydrogens (tertiary/aromatic N) is 4. The zero-order valence-corrected chi connectivity index (χ0v) is 17.0. The summed E-state index contributed by atoms with van der Waals surface area (Å²) in [5.41, 5.74) is 2.24. The number of carboxylic acids is 1. The number of hydrogen-bond donors (Lipinski definition) is 2. The summed E-state index contributed by atoms with van der Waals surface area (Å²) >= 11 is 1.33. The van der Waals surface area contributed by atoms with Crippen LogP contribution >= 0.6 is 11.5 Å². The SMILES string of the molecule is CC1COCCN1c1cc(C2(C(=O)O)CCCC2)c2snc(-c3ccn[nH]3)c2n1. The molecule has 2 fully saturated rings. The van der Waals surface area contributed by atoms with Gasteiger partial charge in [0.05, 0.1) is 35.1 Å². The van der Waals surface area contributed by atoms with Crippen molar-refractivity contribution >= 4 is 33.5 Å². The minimum absolute atomic E-state index is 0.174. The summed E-state index contributed by atoms with van der Waals surface area (Å²) in [6, 6.07) is 4.04. The van der Waals surface area contributed by atoms with Gasteiger partial charge in [0, 0.05) is 12.7 Å². The van der Waals surface area contributed by atoms with Gasteiger partial charge >= 0.3 is 5.97 Å². The molecule has 0 amide bonds. The van der Waals surface area contributed by atoms with Crippen molar-refractivity contribution in [2.75, 3.05) is 24.7 Å². The lowest BCUT2D eigenvalue weighted by Gasteiger charge is -2.35. The molecule has 1 atom stereocenters. The summed E-state index contributed by atoms with van der Waals surface area (Å²) in [5.74, 6) is 0.0526. The number of carbonyl (C=O) groups is 1. The Balaban J connectivity index is 1.76. The highest BCUT2D eigenvalue weighted by Crippen LogP contribution is 2.47. The molecule has 152 valence electrons. The van der Waals surface area contributed by atoms with E-state index >= 15 is 0 Å². The highest BCUT2D eigenvalue weighted by atomic mass is 32.1. The summed E-state index contributed by atoms with van der Waals surface area (Å²) < 4.78 is 11.1. The minimum Gasteiger partial charge on any atom is -0.481 e. The van der Waals surface area contributed by atoms with Crippen LogP contribution in [0.4, 0.5) is 5.82 Å². The molecule has 1 saturated heterocycles. The molecule has 2 N–H and O–H groups in total. The molecule has 29 heavy (non-hydrogen) atoms. The number of pyridine rings is 1. The molecule has 0 bridgehead atoms. The Morgan fingerprint density at radius 2 is 2.24 bits per heavy atom. The number of morpholine rings is 1. The van der Waals surface area contributed by atoms with Gasteiger partial charge in [0.25, 0.3) is 0 Å². The van der Waals surface area contributed by atoms with Crippen molar-refractivity contribution in [1.29, 1.82) is 0 Å². The van der Waals surface area contributed by atoms with Gasteiger partial charge in [-0.25, -0.2) is 4.98 Å². The van der Waals surface area contributed by atoms with Gasteiger partial charge in [-0.15, -0.1) is 0 Å². The predicted octanol–water partition coefficient (Wildman–Crippen LogP) is 3.20.